The Kier molecular flexibility index (Phi) is 6.89. The van der Waals surface area contributed by atoms with Gasteiger partial charge in [-0.25, -0.2) is 0 Å². The van der Waals surface area contributed by atoms with Crippen LogP contribution >= 0.6 is 12.4 Å². The minimum absolute atomic E-state index is 0. The first-order chi connectivity index (χ1) is 6.66. The normalized spacial score (nSPS) is 21.9. The van der Waals surface area contributed by atoms with Crippen molar-refractivity contribution in [2.24, 2.45) is 5.92 Å². The van der Waals surface area contributed by atoms with Gasteiger partial charge in [0.1, 0.15) is 0 Å². The molecule has 1 heterocycles. The van der Waals surface area contributed by atoms with Gasteiger partial charge >= 0.3 is 0 Å². The largest absolute Gasteiger partial charge is 0.383 e. The van der Waals surface area contributed by atoms with Gasteiger partial charge < -0.3 is 15.0 Å². The fourth-order valence-corrected chi connectivity index (χ4v) is 1.72. The number of hydrogen-bond donors (Lipinski definition) is 1. The Bertz CT molecular complexity index is 196. The average molecular weight is 237 g/mol. The minimum Gasteiger partial charge on any atom is -0.383 e. The predicted molar refractivity (Wildman–Crippen MR) is 62.3 cm³/mol. The quantitative estimate of drug-likeness (QED) is 0.774. The summed E-state index contributed by atoms with van der Waals surface area (Å²) < 4.78 is 5.03. The summed E-state index contributed by atoms with van der Waals surface area (Å²) >= 11 is 0. The number of halogens is 1. The monoisotopic (exact) mass is 236 g/mol. The van der Waals surface area contributed by atoms with Gasteiger partial charge in [-0.2, -0.15) is 0 Å². The molecule has 0 aromatic heterocycles. The molecule has 4 nitrogen and oxygen atoms in total. The van der Waals surface area contributed by atoms with Crippen LogP contribution in [0.15, 0.2) is 0 Å². The van der Waals surface area contributed by atoms with E-state index in [1.165, 1.54) is 0 Å². The van der Waals surface area contributed by atoms with E-state index < -0.39 is 0 Å². The van der Waals surface area contributed by atoms with E-state index >= 15 is 0 Å². The molecule has 90 valence electrons. The highest BCUT2D eigenvalue weighted by molar-refractivity contribution is 5.85. The minimum atomic E-state index is 0. The Morgan fingerprint density at radius 1 is 1.67 bits per heavy atom. The summed E-state index contributed by atoms with van der Waals surface area (Å²) in [7, 11) is 3.51. The highest BCUT2D eigenvalue weighted by atomic mass is 35.5. The summed E-state index contributed by atoms with van der Waals surface area (Å²) in [6.07, 6.45) is 0.961. The molecule has 15 heavy (non-hydrogen) atoms. The van der Waals surface area contributed by atoms with Gasteiger partial charge in [-0.05, 0) is 19.9 Å². The summed E-state index contributed by atoms with van der Waals surface area (Å²) in [6.45, 7) is 4.39. The van der Waals surface area contributed by atoms with E-state index in [-0.39, 0.29) is 30.3 Å². The van der Waals surface area contributed by atoms with Gasteiger partial charge in [0.15, 0.2) is 0 Å². The van der Waals surface area contributed by atoms with Crippen LogP contribution in [0.3, 0.4) is 0 Å². The number of hydrogen-bond acceptors (Lipinski definition) is 3. The first kappa shape index (κ1) is 14.7. The average Bonchev–Trinajstić information content (AvgIpc) is 2.68. The lowest BCUT2D eigenvalue weighted by Gasteiger charge is -2.26. The van der Waals surface area contributed by atoms with Gasteiger partial charge in [0.2, 0.25) is 5.91 Å². The summed E-state index contributed by atoms with van der Waals surface area (Å²) in [5, 5.41) is 3.20. The lowest BCUT2D eigenvalue weighted by Crippen LogP contribution is -2.41. The Morgan fingerprint density at radius 2 is 2.33 bits per heavy atom. The first-order valence-electron chi connectivity index (χ1n) is 5.13. The molecule has 0 aliphatic carbocycles. The Balaban J connectivity index is 0.00000196. The number of methoxy groups -OCH3 is 1. The molecule has 0 bridgehead atoms. The molecule has 5 heteroatoms. The number of ether oxygens (including phenoxy) is 1. The van der Waals surface area contributed by atoms with Crippen molar-refractivity contribution in [1.29, 1.82) is 0 Å². The zero-order valence-corrected chi connectivity index (χ0v) is 10.5. The molecule has 0 aromatic rings. The molecule has 2 atom stereocenters. The van der Waals surface area contributed by atoms with E-state index in [2.05, 4.69) is 5.32 Å². The fourth-order valence-electron chi connectivity index (χ4n) is 1.72. The van der Waals surface area contributed by atoms with Crippen LogP contribution in [0.1, 0.15) is 13.3 Å². The maximum absolute atomic E-state index is 11.9. The van der Waals surface area contributed by atoms with Gasteiger partial charge in [0.25, 0.3) is 0 Å². The Labute approximate surface area is 97.8 Å². The van der Waals surface area contributed by atoms with Gasteiger partial charge in [-0.3, -0.25) is 4.79 Å². The molecule has 0 spiro atoms. The third-order valence-corrected chi connectivity index (χ3v) is 2.83. The van der Waals surface area contributed by atoms with Gasteiger partial charge in [-0.15, -0.1) is 12.4 Å². The standard InChI is InChI=1S/C10H20N2O2.ClH/c1-8(7-14-3)12(2)10(13)9-4-5-11-6-9;/h8-9,11H,4-7H2,1-3H3;1H. The molecule has 1 fully saturated rings. The third-order valence-electron chi connectivity index (χ3n) is 2.83. The number of carbonyl (C=O) groups is 1. The number of nitrogens with one attached hydrogen (secondary N) is 1. The number of carbonyl (C=O) groups excluding carboxylic acids is 1. The first-order valence-corrected chi connectivity index (χ1v) is 5.13. The van der Waals surface area contributed by atoms with Crippen LogP contribution in [0.2, 0.25) is 0 Å². The molecular weight excluding hydrogens is 216 g/mol. The maximum Gasteiger partial charge on any atom is 0.227 e. The fraction of sp³-hybridized carbons (Fsp3) is 0.900. The van der Waals surface area contributed by atoms with Crippen molar-refractivity contribution in [1.82, 2.24) is 10.2 Å². The molecular formula is C10H21ClN2O2. The van der Waals surface area contributed by atoms with E-state index in [1.807, 2.05) is 14.0 Å². The number of amides is 1. The molecule has 1 aliphatic rings. The lowest BCUT2D eigenvalue weighted by molar-refractivity contribution is -0.136. The van der Waals surface area contributed by atoms with E-state index in [4.69, 9.17) is 4.74 Å². The van der Waals surface area contributed by atoms with Crippen molar-refractivity contribution in [3.8, 4) is 0 Å². The van der Waals surface area contributed by atoms with Gasteiger partial charge in [0.05, 0.1) is 18.6 Å². The molecule has 1 saturated heterocycles. The van der Waals surface area contributed by atoms with E-state index in [0.717, 1.165) is 19.5 Å². The smallest absolute Gasteiger partial charge is 0.227 e. The number of likely N-dealkylation sites (N-methyl/N-ethyl adjacent to an activating group) is 1. The van der Waals surface area contributed by atoms with Crippen molar-refractivity contribution in [2.75, 3.05) is 33.9 Å². The van der Waals surface area contributed by atoms with E-state index in [9.17, 15) is 4.79 Å². The zero-order chi connectivity index (χ0) is 10.6. The topological polar surface area (TPSA) is 41.6 Å². The maximum atomic E-state index is 11.9. The van der Waals surface area contributed by atoms with Crippen molar-refractivity contribution in [3.05, 3.63) is 0 Å². The summed E-state index contributed by atoms with van der Waals surface area (Å²) in [4.78, 5) is 13.7. The molecule has 0 radical (unpaired) electrons. The van der Waals surface area contributed by atoms with Crippen molar-refractivity contribution < 1.29 is 9.53 Å². The van der Waals surface area contributed by atoms with E-state index in [0.29, 0.717) is 6.61 Å². The lowest BCUT2D eigenvalue weighted by atomic mass is 10.1. The number of rotatable bonds is 4. The molecule has 1 N–H and O–H groups in total. The van der Waals surface area contributed by atoms with Crippen LogP contribution in [-0.4, -0.2) is 50.7 Å². The Hall–Kier alpha value is -0.320. The molecule has 0 saturated carbocycles. The van der Waals surface area contributed by atoms with Crippen molar-refractivity contribution in [3.63, 3.8) is 0 Å². The van der Waals surface area contributed by atoms with Crippen LogP contribution in [0.4, 0.5) is 0 Å². The van der Waals surface area contributed by atoms with Crippen LogP contribution < -0.4 is 5.32 Å². The van der Waals surface area contributed by atoms with Gasteiger partial charge in [0, 0.05) is 20.7 Å². The van der Waals surface area contributed by atoms with Crippen LogP contribution in [0.25, 0.3) is 0 Å². The number of nitrogens with zero attached hydrogens (tertiary/aromatic N) is 1. The van der Waals surface area contributed by atoms with Crippen LogP contribution in [-0.2, 0) is 9.53 Å². The zero-order valence-electron chi connectivity index (χ0n) is 9.66. The predicted octanol–water partition coefficient (Wildman–Crippen LogP) is 0.511. The molecule has 1 aliphatic heterocycles. The second-order valence-electron chi connectivity index (χ2n) is 3.94. The summed E-state index contributed by atoms with van der Waals surface area (Å²) in [5.41, 5.74) is 0. The van der Waals surface area contributed by atoms with Crippen LogP contribution in [0.5, 0.6) is 0 Å². The SMILES string of the molecule is COCC(C)N(C)C(=O)C1CCNC1.Cl. The highest BCUT2D eigenvalue weighted by Crippen LogP contribution is 2.12. The van der Waals surface area contributed by atoms with E-state index in [1.54, 1.807) is 12.0 Å². The Morgan fingerprint density at radius 3 is 2.80 bits per heavy atom. The summed E-state index contributed by atoms with van der Waals surface area (Å²) in [6, 6.07) is 0.160. The van der Waals surface area contributed by atoms with Crippen molar-refractivity contribution in [2.45, 2.75) is 19.4 Å². The van der Waals surface area contributed by atoms with Gasteiger partial charge in [-0.1, -0.05) is 0 Å². The van der Waals surface area contributed by atoms with Crippen molar-refractivity contribution >= 4 is 18.3 Å². The molecule has 0 aromatic carbocycles. The molecule has 1 amide bonds. The second-order valence-corrected chi connectivity index (χ2v) is 3.94. The van der Waals surface area contributed by atoms with Crippen LogP contribution in [0, 0.1) is 5.92 Å². The second kappa shape index (κ2) is 7.04. The third kappa shape index (κ3) is 3.97. The molecule has 1 rings (SSSR count). The summed E-state index contributed by atoms with van der Waals surface area (Å²) in [5.74, 6) is 0.402. The highest BCUT2D eigenvalue weighted by Gasteiger charge is 2.27. The molecule has 2 unspecified atom stereocenters.